The SMILES string of the molecule is C=C(CC)Nc1cncc(-c2cc3c(-c4nc5c(-c6cc(F)cc(CCCN7CCCC7)c6)cccc5[nH]4)n[nH]c3cn2)c1. The maximum absolute atomic E-state index is 14.9. The number of allylic oxidation sites excluding steroid dienone is 1. The van der Waals surface area contributed by atoms with Gasteiger partial charge < -0.3 is 15.2 Å². The molecule has 2 aromatic carbocycles. The van der Waals surface area contributed by atoms with E-state index < -0.39 is 0 Å². The molecule has 0 unspecified atom stereocenters. The Balaban J connectivity index is 1.20. The van der Waals surface area contributed by atoms with Crippen molar-refractivity contribution < 1.29 is 4.39 Å². The molecule has 1 aliphatic heterocycles. The zero-order valence-electron chi connectivity index (χ0n) is 24.8. The molecule has 5 heterocycles. The summed E-state index contributed by atoms with van der Waals surface area (Å²) in [5.74, 6) is 0.406. The van der Waals surface area contributed by atoms with Gasteiger partial charge in [-0.2, -0.15) is 5.10 Å². The van der Waals surface area contributed by atoms with E-state index in [4.69, 9.17) is 4.98 Å². The molecule has 0 amide bonds. The summed E-state index contributed by atoms with van der Waals surface area (Å²) in [6.07, 6.45) is 10.6. The summed E-state index contributed by atoms with van der Waals surface area (Å²) < 4.78 is 14.9. The third-order valence-corrected chi connectivity index (χ3v) is 8.37. The lowest BCUT2D eigenvalue weighted by Gasteiger charge is -2.14. The van der Waals surface area contributed by atoms with E-state index in [0.29, 0.717) is 11.5 Å². The van der Waals surface area contributed by atoms with Crippen LogP contribution in [0.3, 0.4) is 0 Å². The van der Waals surface area contributed by atoms with Gasteiger partial charge in [0.05, 0.1) is 40.3 Å². The highest BCUT2D eigenvalue weighted by atomic mass is 19.1. The normalized spacial score (nSPS) is 13.7. The van der Waals surface area contributed by atoms with Crippen LogP contribution in [0, 0.1) is 5.82 Å². The van der Waals surface area contributed by atoms with Gasteiger partial charge in [0.2, 0.25) is 0 Å². The molecular formula is C35H35FN8. The summed E-state index contributed by atoms with van der Waals surface area (Å²) in [6.45, 7) is 9.50. The van der Waals surface area contributed by atoms with E-state index in [1.54, 1.807) is 30.7 Å². The number of nitrogens with one attached hydrogen (secondary N) is 3. The van der Waals surface area contributed by atoms with Crippen molar-refractivity contribution in [3.63, 3.8) is 0 Å². The van der Waals surface area contributed by atoms with Gasteiger partial charge in [-0.25, -0.2) is 9.37 Å². The predicted molar refractivity (Wildman–Crippen MR) is 175 cm³/mol. The highest BCUT2D eigenvalue weighted by Crippen LogP contribution is 2.33. The Morgan fingerprint density at radius 2 is 1.91 bits per heavy atom. The molecule has 0 bridgehead atoms. The predicted octanol–water partition coefficient (Wildman–Crippen LogP) is 7.73. The molecule has 3 N–H and O–H groups in total. The van der Waals surface area contributed by atoms with Gasteiger partial charge in [-0.05, 0) is 93.2 Å². The maximum Gasteiger partial charge on any atom is 0.159 e. The summed E-state index contributed by atoms with van der Waals surface area (Å²) in [7, 11) is 0. The van der Waals surface area contributed by atoms with Crippen LogP contribution in [0.4, 0.5) is 10.1 Å². The smallest absolute Gasteiger partial charge is 0.159 e. The van der Waals surface area contributed by atoms with Crippen LogP contribution in [0.2, 0.25) is 0 Å². The molecule has 9 heteroatoms. The van der Waals surface area contributed by atoms with Crippen LogP contribution in [-0.4, -0.2) is 54.7 Å². The molecule has 44 heavy (non-hydrogen) atoms. The molecule has 4 aromatic heterocycles. The zero-order valence-corrected chi connectivity index (χ0v) is 24.8. The fraction of sp³-hybridized carbons (Fsp3) is 0.257. The molecule has 0 saturated carbocycles. The van der Waals surface area contributed by atoms with Crippen molar-refractivity contribution in [3.05, 3.63) is 90.8 Å². The van der Waals surface area contributed by atoms with Crippen molar-refractivity contribution in [1.29, 1.82) is 0 Å². The van der Waals surface area contributed by atoms with Crippen molar-refractivity contribution in [3.8, 4) is 33.9 Å². The average molecular weight is 587 g/mol. The topological polar surface area (TPSA) is 98.4 Å². The van der Waals surface area contributed by atoms with Gasteiger partial charge in [0.1, 0.15) is 11.5 Å². The standard InChI is InChI=1S/C35H35FN8/c1-3-22(2)39-27-17-25(19-37-20-27)31-18-29-32(21-38-31)42-43-34(29)35-40-30-10-6-9-28(33(30)41-35)24-14-23(15-26(36)16-24)8-7-13-44-11-4-5-12-44/h6,9-10,14-21,39H,2-5,7-8,11-13H2,1H3,(H,40,41)(H,42,43). The number of likely N-dealkylation sites (tertiary alicyclic amines) is 1. The number of imidazole rings is 1. The number of hydrogen-bond acceptors (Lipinski definition) is 6. The number of aryl methyl sites for hydroxylation is 1. The number of fused-ring (bicyclic) bond motifs is 2. The van der Waals surface area contributed by atoms with E-state index in [-0.39, 0.29) is 5.82 Å². The van der Waals surface area contributed by atoms with Crippen LogP contribution in [0.1, 0.15) is 38.2 Å². The molecule has 1 aliphatic rings. The van der Waals surface area contributed by atoms with E-state index in [1.807, 2.05) is 30.3 Å². The number of rotatable bonds is 10. The Kier molecular flexibility index (Phi) is 7.62. The lowest BCUT2D eigenvalue weighted by Crippen LogP contribution is -2.20. The first-order valence-corrected chi connectivity index (χ1v) is 15.3. The van der Waals surface area contributed by atoms with Gasteiger partial charge in [0.15, 0.2) is 5.82 Å². The zero-order chi connectivity index (χ0) is 30.0. The molecule has 222 valence electrons. The molecule has 0 spiro atoms. The Morgan fingerprint density at radius 3 is 2.77 bits per heavy atom. The number of para-hydroxylation sites is 1. The summed E-state index contributed by atoms with van der Waals surface area (Å²) in [4.78, 5) is 20.0. The largest absolute Gasteiger partial charge is 0.358 e. The monoisotopic (exact) mass is 586 g/mol. The van der Waals surface area contributed by atoms with Gasteiger partial charge in [-0.3, -0.25) is 15.1 Å². The van der Waals surface area contributed by atoms with Crippen LogP contribution in [-0.2, 0) is 6.42 Å². The lowest BCUT2D eigenvalue weighted by molar-refractivity contribution is 0.334. The van der Waals surface area contributed by atoms with Crippen LogP contribution >= 0.6 is 0 Å². The second kappa shape index (κ2) is 12.0. The Hall–Kier alpha value is -4.89. The van der Waals surface area contributed by atoms with Crippen molar-refractivity contribution in [2.45, 2.75) is 39.0 Å². The van der Waals surface area contributed by atoms with Crippen LogP contribution in [0.25, 0.3) is 55.8 Å². The first-order valence-electron chi connectivity index (χ1n) is 15.3. The number of aromatic nitrogens is 6. The van der Waals surface area contributed by atoms with E-state index in [2.05, 4.69) is 54.9 Å². The number of hydrogen-bond donors (Lipinski definition) is 3. The third kappa shape index (κ3) is 5.70. The van der Waals surface area contributed by atoms with Crippen molar-refractivity contribution in [2.75, 3.05) is 25.0 Å². The lowest BCUT2D eigenvalue weighted by atomic mass is 9.99. The first-order chi connectivity index (χ1) is 21.5. The van der Waals surface area contributed by atoms with E-state index in [1.165, 1.54) is 25.9 Å². The highest BCUT2D eigenvalue weighted by molar-refractivity contribution is 5.97. The number of nitrogens with zero attached hydrogens (tertiary/aromatic N) is 5. The number of benzene rings is 2. The summed E-state index contributed by atoms with van der Waals surface area (Å²) in [5.41, 5.74) is 9.28. The number of pyridine rings is 2. The summed E-state index contributed by atoms with van der Waals surface area (Å²) in [6, 6.07) is 15.3. The van der Waals surface area contributed by atoms with E-state index in [9.17, 15) is 4.39 Å². The minimum atomic E-state index is -0.225. The second-order valence-corrected chi connectivity index (χ2v) is 11.5. The number of aromatic amines is 2. The molecule has 0 atom stereocenters. The van der Waals surface area contributed by atoms with Gasteiger partial charge in [-0.15, -0.1) is 0 Å². The maximum atomic E-state index is 14.9. The Labute approximate surface area is 255 Å². The third-order valence-electron chi connectivity index (χ3n) is 8.37. The number of H-pyrrole nitrogens is 2. The van der Waals surface area contributed by atoms with Crippen molar-refractivity contribution in [2.24, 2.45) is 0 Å². The molecule has 0 radical (unpaired) electrons. The fourth-order valence-corrected chi connectivity index (χ4v) is 6.04. The fourth-order valence-electron chi connectivity index (χ4n) is 6.04. The highest BCUT2D eigenvalue weighted by Gasteiger charge is 2.17. The molecule has 6 aromatic rings. The number of anilines is 1. The molecule has 8 nitrogen and oxygen atoms in total. The molecule has 1 fully saturated rings. The quantitative estimate of drug-likeness (QED) is 0.152. The van der Waals surface area contributed by atoms with E-state index in [0.717, 1.165) is 87.1 Å². The Bertz CT molecular complexity index is 1970. The first kappa shape index (κ1) is 27.9. The van der Waals surface area contributed by atoms with Gasteiger partial charge in [0.25, 0.3) is 0 Å². The Morgan fingerprint density at radius 1 is 1.02 bits per heavy atom. The van der Waals surface area contributed by atoms with Crippen LogP contribution in [0.5, 0.6) is 0 Å². The van der Waals surface area contributed by atoms with Crippen LogP contribution < -0.4 is 5.32 Å². The van der Waals surface area contributed by atoms with Crippen molar-refractivity contribution >= 4 is 27.6 Å². The minimum absolute atomic E-state index is 0.225. The minimum Gasteiger partial charge on any atom is -0.358 e. The van der Waals surface area contributed by atoms with Crippen molar-refractivity contribution in [1.82, 2.24) is 35.0 Å². The van der Waals surface area contributed by atoms with Gasteiger partial charge in [0, 0.05) is 28.4 Å². The summed E-state index contributed by atoms with van der Waals surface area (Å²) in [5, 5.41) is 11.9. The summed E-state index contributed by atoms with van der Waals surface area (Å²) >= 11 is 0. The molecule has 1 saturated heterocycles. The number of halogens is 1. The van der Waals surface area contributed by atoms with E-state index >= 15 is 0 Å². The van der Waals surface area contributed by atoms with Gasteiger partial charge >= 0.3 is 0 Å². The van der Waals surface area contributed by atoms with Crippen LogP contribution in [0.15, 0.2) is 79.4 Å². The molecule has 0 aliphatic carbocycles. The average Bonchev–Trinajstić information content (AvgIpc) is 3.80. The van der Waals surface area contributed by atoms with Gasteiger partial charge in [-0.1, -0.05) is 31.7 Å². The molecule has 7 rings (SSSR count). The molecular weight excluding hydrogens is 551 g/mol. The second-order valence-electron chi connectivity index (χ2n) is 11.5.